The molecular formula is C8H16N2OS. The fraction of sp³-hybridized carbons (Fsp3) is 0.875. The van der Waals surface area contributed by atoms with E-state index in [1.165, 1.54) is 0 Å². The molecule has 4 heteroatoms. The highest BCUT2D eigenvalue weighted by atomic mass is 32.1. The summed E-state index contributed by atoms with van der Waals surface area (Å²) in [5.74, 6) is 0. The van der Waals surface area contributed by atoms with E-state index in [2.05, 4.69) is 10.6 Å². The van der Waals surface area contributed by atoms with Crippen molar-refractivity contribution in [2.45, 2.75) is 38.3 Å². The van der Waals surface area contributed by atoms with Crippen LogP contribution in [0.1, 0.15) is 26.2 Å². The van der Waals surface area contributed by atoms with Crippen LogP contribution in [0.15, 0.2) is 0 Å². The second-order valence-corrected chi connectivity index (χ2v) is 3.52. The molecule has 70 valence electrons. The summed E-state index contributed by atoms with van der Waals surface area (Å²) in [6, 6.07) is 0.163. The minimum absolute atomic E-state index is 0.163. The molecule has 0 aliphatic heterocycles. The molecule has 0 aromatic carbocycles. The van der Waals surface area contributed by atoms with Crippen molar-refractivity contribution in [3.63, 3.8) is 0 Å². The van der Waals surface area contributed by atoms with Gasteiger partial charge in [0.05, 0.1) is 12.1 Å². The Morgan fingerprint density at radius 2 is 2.33 bits per heavy atom. The van der Waals surface area contributed by atoms with E-state index in [-0.39, 0.29) is 12.1 Å². The molecular weight excluding hydrogens is 172 g/mol. The molecule has 12 heavy (non-hydrogen) atoms. The minimum Gasteiger partial charge on any atom is -0.391 e. The molecule has 3 N–H and O–H groups in total. The number of hydrogen-bond donors (Lipinski definition) is 3. The van der Waals surface area contributed by atoms with E-state index in [9.17, 15) is 5.11 Å². The molecule has 0 aromatic rings. The van der Waals surface area contributed by atoms with Crippen LogP contribution in [-0.2, 0) is 0 Å². The summed E-state index contributed by atoms with van der Waals surface area (Å²) in [7, 11) is 0. The Kier molecular flexibility index (Phi) is 3.75. The maximum absolute atomic E-state index is 9.46. The molecule has 0 radical (unpaired) electrons. The highest BCUT2D eigenvalue weighted by Gasteiger charge is 2.25. The van der Waals surface area contributed by atoms with E-state index < -0.39 is 0 Å². The maximum atomic E-state index is 9.46. The third-order valence-electron chi connectivity index (χ3n) is 2.13. The Morgan fingerprint density at radius 3 is 2.83 bits per heavy atom. The van der Waals surface area contributed by atoms with Crippen molar-refractivity contribution in [2.75, 3.05) is 6.54 Å². The van der Waals surface area contributed by atoms with Gasteiger partial charge in [0.25, 0.3) is 0 Å². The smallest absolute Gasteiger partial charge is 0.166 e. The Bertz CT molecular complexity index is 163. The quantitative estimate of drug-likeness (QED) is 0.548. The Morgan fingerprint density at radius 1 is 1.58 bits per heavy atom. The van der Waals surface area contributed by atoms with Gasteiger partial charge in [-0.05, 0) is 38.4 Å². The predicted molar refractivity (Wildman–Crippen MR) is 53.1 cm³/mol. The number of nitrogens with one attached hydrogen (secondary N) is 2. The molecule has 0 saturated heterocycles. The monoisotopic (exact) mass is 188 g/mol. The van der Waals surface area contributed by atoms with Crippen LogP contribution in [0.25, 0.3) is 0 Å². The topological polar surface area (TPSA) is 44.3 Å². The lowest BCUT2D eigenvalue weighted by Crippen LogP contribution is -2.45. The van der Waals surface area contributed by atoms with E-state index in [0.717, 1.165) is 25.8 Å². The van der Waals surface area contributed by atoms with Gasteiger partial charge in [0.1, 0.15) is 0 Å². The molecule has 0 heterocycles. The summed E-state index contributed by atoms with van der Waals surface area (Å²) in [6.07, 6.45) is 2.79. The van der Waals surface area contributed by atoms with Crippen LogP contribution in [0.2, 0.25) is 0 Å². The van der Waals surface area contributed by atoms with E-state index in [1.807, 2.05) is 6.92 Å². The van der Waals surface area contributed by atoms with Crippen molar-refractivity contribution in [3.05, 3.63) is 0 Å². The number of rotatable bonds is 2. The molecule has 1 saturated carbocycles. The van der Waals surface area contributed by atoms with Gasteiger partial charge in [-0.2, -0.15) is 0 Å². The fourth-order valence-electron chi connectivity index (χ4n) is 1.49. The van der Waals surface area contributed by atoms with Crippen LogP contribution >= 0.6 is 12.2 Å². The SMILES string of the molecule is CCNC(=S)NC1CCCC1O. The lowest BCUT2D eigenvalue weighted by atomic mass is 10.2. The molecule has 1 aliphatic rings. The van der Waals surface area contributed by atoms with Crippen molar-refractivity contribution >= 4 is 17.3 Å². The molecule has 0 amide bonds. The van der Waals surface area contributed by atoms with Crippen molar-refractivity contribution in [1.82, 2.24) is 10.6 Å². The van der Waals surface area contributed by atoms with Crippen molar-refractivity contribution < 1.29 is 5.11 Å². The highest BCUT2D eigenvalue weighted by Crippen LogP contribution is 2.18. The van der Waals surface area contributed by atoms with Crippen molar-refractivity contribution in [2.24, 2.45) is 0 Å². The molecule has 3 nitrogen and oxygen atoms in total. The zero-order chi connectivity index (χ0) is 8.97. The van der Waals surface area contributed by atoms with Gasteiger partial charge in [-0.25, -0.2) is 0 Å². The summed E-state index contributed by atoms with van der Waals surface area (Å²) in [4.78, 5) is 0. The summed E-state index contributed by atoms with van der Waals surface area (Å²) in [5, 5.41) is 16.2. The maximum Gasteiger partial charge on any atom is 0.166 e. The van der Waals surface area contributed by atoms with E-state index in [4.69, 9.17) is 12.2 Å². The zero-order valence-corrected chi connectivity index (χ0v) is 8.16. The average Bonchev–Trinajstić information content (AvgIpc) is 2.37. The number of hydrogen-bond acceptors (Lipinski definition) is 2. The van der Waals surface area contributed by atoms with Gasteiger partial charge in [0, 0.05) is 6.54 Å². The van der Waals surface area contributed by atoms with Crippen LogP contribution in [0.5, 0.6) is 0 Å². The Hall–Kier alpha value is -0.350. The first-order valence-corrected chi connectivity index (χ1v) is 4.87. The third kappa shape index (κ3) is 2.60. The number of aliphatic hydroxyl groups is 1. The second kappa shape index (κ2) is 4.62. The lowest BCUT2D eigenvalue weighted by Gasteiger charge is -2.18. The van der Waals surface area contributed by atoms with Gasteiger partial charge in [-0.1, -0.05) is 0 Å². The largest absolute Gasteiger partial charge is 0.391 e. The zero-order valence-electron chi connectivity index (χ0n) is 7.34. The highest BCUT2D eigenvalue weighted by molar-refractivity contribution is 7.80. The average molecular weight is 188 g/mol. The molecule has 1 fully saturated rings. The molecule has 1 rings (SSSR count). The third-order valence-corrected chi connectivity index (χ3v) is 2.40. The van der Waals surface area contributed by atoms with Gasteiger partial charge in [-0.3, -0.25) is 0 Å². The molecule has 0 aromatic heterocycles. The van der Waals surface area contributed by atoms with Crippen LogP contribution in [-0.4, -0.2) is 28.9 Å². The van der Waals surface area contributed by atoms with Gasteiger partial charge in [0.2, 0.25) is 0 Å². The van der Waals surface area contributed by atoms with Crippen molar-refractivity contribution in [3.8, 4) is 0 Å². The van der Waals surface area contributed by atoms with Gasteiger partial charge < -0.3 is 15.7 Å². The Labute approximate surface area is 78.5 Å². The van der Waals surface area contributed by atoms with Crippen LogP contribution in [0, 0.1) is 0 Å². The summed E-state index contributed by atoms with van der Waals surface area (Å²) in [5.41, 5.74) is 0. The molecule has 2 unspecified atom stereocenters. The first kappa shape index (κ1) is 9.74. The van der Waals surface area contributed by atoms with Gasteiger partial charge >= 0.3 is 0 Å². The second-order valence-electron chi connectivity index (χ2n) is 3.11. The standard InChI is InChI=1S/C8H16N2OS/c1-2-9-8(12)10-6-4-3-5-7(6)11/h6-7,11H,2-5H2,1H3,(H2,9,10,12). The first-order valence-electron chi connectivity index (χ1n) is 4.46. The minimum atomic E-state index is -0.221. The molecule has 1 aliphatic carbocycles. The van der Waals surface area contributed by atoms with E-state index in [0.29, 0.717) is 5.11 Å². The van der Waals surface area contributed by atoms with Crippen molar-refractivity contribution in [1.29, 1.82) is 0 Å². The molecule has 2 atom stereocenters. The van der Waals surface area contributed by atoms with Gasteiger partial charge in [-0.15, -0.1) is 0 Å². The predicted octanol–water partition coefficient (Wildman–Crippen LogP) is 0.384. The number of aliphatic hydroxyl groups excluding tert-OH is 1. The van der Waals surface area contributed by atoms with Crippen LogP contribution in [0.3, 0.4) is 0 Å². The van der Waals surface area contributed by atoms with Crippen LogP contribution in [0.4, 0.5) is 0 Å². The first-order chi connectivity index (χ1) is 5.74. The lowest BCUT2D eigenvalue weighted by molar-refractivity contribution is 0.157. The Balaban J connectivity index is 2.25. The fourth-order valence-corrected chi connectivity index (χ4v) is 1.78. The summed E-state index contributed by atoms with van der Waals surface area (Å²) < 4.78 is 0. The summed E-state index contributed by atoms with van der Waals surface area (Å²) in [6.45, 7) is 2.83. The van der Waals surface area contributed by atoms with E-state index >= 15 is 0 Å². The molecule has 0 bridgehead atoms. The van der Waals surface area contributed by atoms with Crippen LogP contribution < -0.4 is 10.6 Å². The van der Waals surface area contributed by atoms with E-state index in [1.54, 1.807) is 0 Å². The van der Waals surface area contributed by atoms with Gasteiger partial charge in [0.15, 0.2) is 5.11 Å². The summed E-state index contributed by atoms with van der Waals surface area (Å²) >= 11 is 5.01. The number of thiocarbonyl (C=S) groups is 1. The molecule has 0 spiro atoms. The normalized spacial score (nSPS) is 28.5.